The summed E-state index contributed by atoms with van der Waals surface area (Å²) >= 11 is 7.72. The Morgan fingerprint density at radius 1 is 0.966 bits per heavy atom. The van der Waals surface area contributed by atoms with Crippen LogP contribution in [0.3, 0.4) is 0 Å². The minimum Gasteiger partial charge on any atom is -0.506 e. The summed E-state index contributed by atoms with van der Waals surface area (Å²) in [6, 6.07) is 22.0. The van der Waals surface area contributed by atoms with Crippen molar-refractivity contribution >= 4 is 46.0 Å². The van der Waals surface area contributed by atoms with Gasteiger partial charge in [-0.05, 0) is 61.9 Å². The van der Waals surface area contributed by atoms with E-state index >= 15 is 0 Å². The molecule has 0 atom stereocenters. The molecular weight excluding hydrogens is 400 g/mol. The van der Waals surface area contributed by atoms with E-state index in [1.54, 1.807) is 23.9 Å². The number of hydrogen-bond acceptors (Lipinski definition) is 3. The Balaban J connectivity index is 1.70. The molecule has 146 valence electrons. The van der Waals surface area contributed by atoms with Gasteiger partial charge in [0.2, 0.25) is 0 Å². The second-order valence-corrected chi connectivity index (χ2v) is 8.58. The highest BCUT2D eigenvalue weighted by atomic mass is 35.5. The Hall–Kier alpha value is -2.69. The van der Waals surface area contributed by atoms with Crippen LogP contribution in [-0.4, -0.2) is 16.8 Å². The van der Waals surface area contributed by atoms with Crippen LogP contribution in [0.4, 0.5) is 11.4 Å². The predicted molar refractivity (Wildman–Crippen MR) is 125 cm³/mol. The molecule has 0 aliphatic carbocycles. The number of anilines is 1. The molecule has 3 nitrogen and oxygen atoms in total. The third-order valence-corrected chi connectivity index (χ3v) is 5.98. The zero-order chi connectivity index (χ0) is 20.4. The maximum Gasteiger partial charge on any atom is 0.173 e. The third kappa shape index (κ3) is 4.66. The fourth-order valence-electron chi connectivity index (χ4n) is 3.04. The minimum atomic E-state index is 0.0933. The van der Waals surface area contributed by atoms with E-state index in [4.69, 9.17) is 16.6 Å². The lowest BCUT2D eigenvalue weighted by Crippen LogP contribution is -2.23. The lowest BCUT2D eigenvalue weighted by molar-refractivity contribution is 0.475. The molecule has 3 aromatic carbocycles. The molecule has 0 bridgehead atoms. The molecular formula is C24H21ClN2OS. The average molecular weight is 421 g/mol. The number of amidine groups is 1. The van der Waals surface area contributed by atoms with Gasteiger partial charge in [0, 0.05) is 10.6 Å². The number of thioether (sulfide) groups is 1. The number of benzene rings is 3. The van der Waals surface area contributed by atoms with Gasteiger partial charge in [0.25, 0.3) is 0 Å². The number of aliphatic imine (C=N–C) groups is 1. The van der Waals surface area contributed by atoms with E-state index in [1.165, 1.54) is 11.1 Å². The van der Waals surface area contributed by atoms with Crippen molar-refractivity contribution in [3.8, 4) is 5.75 Å². The highest BCUT2D eigenvalue weighted by Gasteiger charge is 2.25. The van der Waals surface area contributed by atoms with Crippen LogP contribution >= 0.6 is 23.4 Å². The average Bonchev–Trinajstić information content (AvgIpc) is 3.09. The quantitative estimate of drug-likeness (QED) is 0.498. The van der Waals surface area contributed by atoms with E-state index in [9.17, 15) is 5.11 Å². The monoisotopic (exact) mass is 420 g/mol. The van der Waals surface area contributed by atoms with Crippen LogP contribution in [0.5, 0.6) is 5.75 Å². The van der Waals surface area contributed by atoms with Gasteiger partial charge in [-0.25, -0.2) is 4.99 Å². The van der Waals surface area contributed by atoms with Crippen molar-refractivity contribution in [2.24, 2.45) is 4.99 Å². The van der Waals surface area contributed by atoms with E-state index in [0.29, 0.717) is 5.02 Å². The first-order chi connectivity index (χ1) is 14.0. The summed E-state index contributed by atoms with van der Waals surface area (Å²) in [6.45, 7) is 4.89. The second-order valence-electron chi connectivity index (χ2n) is 7.08. The van der Waals surface area contributed by atoms with Crippen molar-refractivity contribution in [3.05, 3.63) is 93.3 Å². The van der Waals surface area contributed by atoms with Gasteiger partial charge >= 0.3 is 0 Å². The fraction of sp³-hybridized carbons (Fsp3) is 0.125. The predicted octanol–water partition coefficient (Wildman–Crippen LogP) is 6.94. The first-order valence-corrected chi connectivity index (χ1v) is 10.5. The maximum atomic E-state index is 9.66. The van der Waals surface area contributed by atoms with Crippen LogP contribution in [0, 0.1) is 13.8 Å². The zero-order valence-electron chi connectivity index (χ0n) is 16.3. The standard InChI is InChI=1S/C24H21ClN2OS/c1-16-3-8-19(9-4-16)26-24-27(20-10-5-17(2)6-11-20)15-21(29-24)13-18-7-12-23(28)22(25)14-18/h3-14,28H,15H2,1-2H3. The smallest absolute Gasteiger partial charge is 0.173 e. The van der Waals surface area contributed by atoms with Crippen LogP contribution in [-0.2, 0) is 0 Å². The molecule has 0 radical (unpaired) electrons. The molecule has 5 heteroatoms. The Morgan fingerprint density at radius 3 is 2.28 bits per heavy atom. The second kappa shape index (κ2) is 8.36. The first-order valence-electron chi connectivity index (χ1n) is 9.34. The summed E-state index contributed by atoms with van der Waals surface area (Å²) < 4.78 is 0. The molecule has 0 unspecified atom stereocenters. The van der Waals surface area contributed by atoms with Crippen molar-refractivity contribution in [2.45, 2.75) is 13.8 Å². The van der Waals surface area contributed by atoms with E-state index < -0.39 is 0 Å². The van der Waals surface area contributed by atoms with E-state index in [-0.39, 0.29) is 5.75 Å². The number of halogens is 1. The fourth-order valence-corrected chi connectivity index (χ4v) is 4.28. The molecule has 3 aromatic rings. The van der Waals surface area contributed by atoms with E-state index in [0.717, 1.165) is 33.6 Å². The lowest BCUT2D eigenvalue weighted by atomic mass is 10.2. The van der Waals surface area contributed by atoms with E-state index in [1.807, 2.05) is 18.2 Å². The van der Waals surface area contributed by atoms with Crippen molar-refractivity contribution in [2.75, 3.05) is 11.4 Å². The normalized spacial score (nSPS) is 16.7. The molecule has 1 heterocycles. The zero-order valence-corrected chi connectivity index (χ0v) is 17.8. The minimum absolute atomic E-state index is 0.0933. The summed E-state index contributed by atoms with van der Waals surface area (Å²) in [6.07, 6.45) is 2.09. The van der Waals surface area contributed by atoms with Crippen LogP contribution in [0.15, 0.2) is 76.6 Å². The summed E-state index contributed by atoms with van der Waals surface area (Å²) in [5.74, 6) is 0.0933. The molecule has 0 aromatic heterocycles. The molecule has 1 fully saturated rings. The number of aryl methyl sites for hydroxylation is 2. The van der Waals surface area contributed by atoms with Gasteiger partial charge in [-0.2, -0.15) is 0 Å². The Bertz CT molecular complexity index is 1090. The van der Waals surface area contributed by atoms with Gasteiger partial charge in [-0.3, -0.25) is 0 Å². The number of nitrogens with zero attached hydrogens (tertiary/aromatic N) is 2. The maximum absolute atomic E-state index is 9.66. The van der Waals surface area contributed by atoms with Gasteiger partial charge in [0.05, 0.1) is 17.3 Å². The highest BCUT2D eigenvalue weighted by Crippen LogP contribution is 2.37. The molecule has 1 aliphatic rings. The molecule has 0 spiro atoms. The van der Waals surface area contributed by atoms with E-state index in [2.05, 4.69) is 61.2 Å². The van der Waals surface area contributed by atoms with Crippen LogP contribution in [0.2, 0.25) is 5.02 Å². The van der Waals surface area contributed by atoms with Gasteiger partial charge < -0.3 is 10.0 Å². The summed E-state index contributed by atoms with van der Waals surface area (Å²) in [7, 11) is 0. The van der Waals surface area contributed by atoms with Crippen molar-refractivity contribution < 1.29 is 5.11 Å². The summed E-state index contributed by atoms with van der Waals surface area (Å²) in [5.41, 5.74) is 5.45. The first kappa shape index (κ1) is 19.6. The molecule has 0 amide bonds. The molecule has 4 rings (SSSR count). The molecule has 1 saturated heterocycles. The van der Waals surface area contributed by atoms with Gasteiger partial charge in [-0.1, -0.05) is 64.8 Å². The van der Waals surface area contributed by atoms with Crippen LogP contribution in [0.1, 0.15) is 16.7 Å². The topological polar surface area (TPSA) is 35.8 Å². The Labute approximate surface area is 180 Å². The Morgan fingerprint density at radius 2 is 1.62 bits per heavy atom. The highest BCUT2D eigenvalue weighted by molar-refractivity contribution is 8.18. The molecule has 1 N–H and O–H groups in total. The summed E-state index contributed by atoms with van der Waals surface area (Å²) in [4.78, 5) is 8.29. The largest absolute Gasteiger partial charge is 0.506 e. The van der Waals surface area contributed by atoms with Crippen molar-refractivity contribution in [3.63, 3.8) is 0 Å². The SMILES string of the molecule is Cc1ccc(N=C2SC(=Cc3ccc(O)c(Cl)c3)CN2c2ccc(C)cc2)cc1. The lowest BCUT2D eigenvalue weighted by Gasteiger charge is -2.17. The number of phenolic OH excluding ortho intramolecular Hbond substituents is 1. The van der Waals surface area contributed by atoms with Gasteiger partial charge in [-0.15, -0.1) is 0 Å². The van der Waals surface area contributed by atoms with Crippen LogP contribution in [0.25, 0.3) is 6.08 Å². The number of hydrogen-bond donors (Lipinski definition) is 1. The van der Waals surface area contributed by atoms with Crippen molar-refractivity contribution in [1.29, 1.82) is 0 Å². The number of phenols is 1. The molecule has 0 saturated carbocycles. The molecule has 29 heavy (non-hydrogen) atoms. The number of aromatic hydroxyl groups is 1. The third-order valence-electron chi connectivity index (χ3n) is 4.67. The van der Waals surface area contributed by atoms with Crippen LogP contribution < -0.4 is 4.90 Å². The molecule has 1 aliphatic heterocycles. The van der Waals surface area contributed by atoms with Gasteiger partial charge in [0.1, 0.15) is 5.75 Å². The number of rotatable bonds is 3. The van der Waals surface area contributed by atoms with Gasteiger partial charge in [0.15, 0.2) is 5.17 Å². The van der Waals surface area contributed by atoms with Crippen molar-refractivity contribution in [1.82, 2.24) is 0 Å². The summed E-state index contributed by atoms with van der Waals surface area (Å²) in [5, 5.41) is 10.9. The Kier molecular flexibility index (Phi) is 5.65.